The Labute approximate surface area is 184 Å². The summed E-state index contributed by atoms with van der Waals surface area (Å²) in [5.74, 6) is -1.01. The van der Waals surface area contributed by atoms with E-state index in [1.807, 2.05) is 37.5 Å². The van der Waals surface area contributed by atoms with Crippen molar-refractivity contribution in [3.8, 4) is 0 Å². The molecule has 0 aliphatic rings. The van der Waals surface area contributed by atoms with E-state index in [4.69, 9.17) is 23.2 Å². The van der Waals surface area contributed by atoms with Gasteiger partial charge in [-0.15, -0.1) is 0 Å². The van der Waals surface area contributed by atoms with Crippen LogP contribution in [0.2, 0.25) is 10.0 Å². The SMILES string of the molecule is Cc1cc(Cl)ccc1C(Nc1cc(Cl)c(=O)n(C)c1)c1c(C(=O)O)ccn1C(C)C. The first-order chi connectivity index (χ1) is 14.1. The number of aromatic nitrogens is 2. The normalized spacial score (nSPS) is 12.2. The van der Waals surface area contributed by atoms with Crippen molar-refractivity contribution >= 4 is 34.9 Å². The highest BCUT2D eigenvalue weighted by molar-refractivity contribution is 6.31. The number of carboxylic acids is 1. The van der Waals surface area contributed by atoms with Crippen LogP contribution < -0.4 is 10.9 Å². The molecule has 0 amide bonds. The summed E-state index contributed by atoms with van der Waals surface area (Å²) in [7, 11) is 1.61. The molecule has 2 aromatic heterocycles. The van der Waals surface area contributed by atoms with Crippen molar-refractivity contribution in [2.75, 3.05) is 5.32 Å². The van der Waals surface area contributed by atoms with Crippen LogP contribution in [0.4, 0.5) is 5.69 Å². The molecular weight excluding hydrogens is 425 g/mol. The molecular formula is C22H23Cl2N3O3. The Hall–Kier alpha value is -2.70. The second kappa shape index (κ2) is 8.58. The Morgan fingerprint density at radius 2 is 1.87 bits per heavy atom. The van der Waals surface area contributed by atoms with E-state index in [2.05, 4.69) is 5.32 Å². The number of hydrogen-bond acceptors (Lipinski definition) is 3. The standard InChI is InChI=1S/C22H23Cl2N3O3/c1-12(2)27-8-7-17(22(29)30)20(27)19(16-6-5-14(23)9-13(16)3)25-15-10-18(24)21(28)26(4)11-15/h5-12,19,25H,1-4H3,(H,29,30). The van der Waals surface area contributed by atoms with Gasteiger partial charge in [-0.3, -0.25) is 4.79 Å². The third kappa shape index (κ3) is 4.25. The lowest BCUT2D eigenvalue weighted by Crippen LogP contribution is -2.23. The van der Waals surface area contributed by atoms with Gasteiger partial charge in [0.2, 0.25) is 0 Å². The Balaban J connectivity index is 2.25. The number of pyridine rings is 1. The van der Waals surface area contributed by atoms with E-state index in [1.165, 1.54) is 4.57 Å². The van der Waals surface area contributed by atoms with Gasteiger partial charge in [0.1, 0.15) is 5.02 Å². The van der Waals surface area contributed by atoms with Crippen LogP contribution in [0.15, 0.2) is 47.5 Å². The molecule has 0 aliphatic heterocycles. The lowest BCUT2D eigenvalue weighted by molar-refractivity contribution is 0.0695. The lowest BCUT2D eigenvalue weighted by Gasteiger charge is -2.27. The highest BCUT2D eigenvalue weighted by Crippen LogP contribution is 2.34. The first kappa shape index (κ1) is 22.0. The van der Waals surface area contributed by atoms with Gasteiger partial charge < -0.3 is 19.6 Å². The first-order valence-corrected chi connectivity index (χ1v) is 10.2. The smallest absolute Gasteiger partial charge is 0.337 e. The molecule has 1 aromatic carbocycles. The summed E-state index contributed by atoms with van der Waals surface area (Å²) in [5.41, 5.74) is 2.86. The number of halogens is 2. The number of nitrogens with zero attached hydrogens (tertiary/aromatic N) is 2. The van der Waals surface area contributed by atoms with E-state index in [0.29, 0.717) is 16.4 Å². The van der Waals surface area contributed by atoms with E-state index in [-0.39, 0.29) is 22.2 Å². The molecule has 3 aromatic rings. The summed E-state index contributed by atoms with van der Waals surface area (Å²) >= 11 is 12.3. The Morgan fingerprint density at radius 3 is 2.43 bits per heavy atom. The fourth-order valence-corrected chi connectivity index (χ4v) is 4.05. The molecule has 0 saturated heterocycles. The molecule has 158 valence electrons. The average Bonchev–Trinajstić information content (AvgIpc) is 3.10. The largest absolute Gasteiger partial charge is 0.478 e. The van der Waals surface area contributed by atoms with E-state index in [1.54, 1.807) is 37.6 Å². The second-order valence-electron chi connectivity index (χ2n) is 7.49. The van der Waals surface area contributed by atoms with Gasteiger partial charge >= 0.3 is 5.97 Å². The second-order valence-corrected chi connectivity index (χ2v) is 8.34. The summed E-state index contributed by atoms with van der Waals surface area (Å²) in [6.07, 6.45) is 3.41. The average molecular weight is 448 g/mol. The van der Waals surface area contributed by atoms with Crippen LogP contribution in [0.5, 0.6) is 0 Å². The Bertz CT molecular complexity index is 1140. The molecule has 0 aliphatic carbocycles. The minimum Gasteiger partial charge on any atom is -0.478 e. The molecule has 1 atom stereocenters. The lowest BCUT2D eigenvalue weighted by atomic mass is 9.95. The molecule has 1 unspecified atom stereocenters. The third-order valence-electron chi connectivity index (χ3n) is 5.01. The number of rotatable bonds is 6. The number of benzene rings is 1. The van der Waals surface area contributed by atoms with Crippen LogP contribution in [-0.4, -0.2) is 20.2 Å². The topological polar surface area (TPSA) is 76.3 Å². The molecule has 3 rings (SSSR count). The fourth-order valence-electron chi connectivity index (χ4n) is 3.57. The van der Waals surface area contributed by atoms with E-state index >= 15 is 0 Å². The number of carbonyl (C=O) groups is 1. The number of hydrogen-bond donors (Lipinski definition) is 2. The zero-order valence-corrected chi connectivity index (χ0v) is 18.6. The fraction of sp³-hybridized carbons (Fsp3) is 0.273. The molecule has 0 radical (unpaired) electrons. The van der Waals surface area contributed by atoms with E-state index in [0.717, 1.165) is 11.1 Å². The Kier molecular flexibility index (Phi) is 6.29. The molecule has 0 saturated carbocycles. The van der Waals surface area contributed by atoms with Gasteiger partial charge in [0.05, 0.1) is 23.0 Å². The first-order valence-electron chi connectivity index (χ1n) is 9.43. The highest BCUT2D eigenvalue weighted by atomic mass is 35.5. The van der Waals surface area contributed by atoms with E-state index in [9.17, 15) is 14.7 Å². The summed E-state index contributed by atoms with van der Waals surface area (Å²) in [5, 5.41) is 13.9. The minimum atomic E-state index is -1.01. The maximum atomic E-state index is 12.0. The molecule has 30 heavy (non-hydrogen) atoms. The van der Waals surface area contributed by atoms with Crippen molar-refractivity contribution in [1.82, 2.24) is 9.13 Å². The number of aryl methyl sites for hydroxylation is 2. The van der Waals surface area contributed by atoms with Gasteiger partial charge in [-0.05, 0) is 56.2 Å². The van der Waals surface area contributed by atoms with Crippen molar-refractivity contribution in [3.05, 3.63) is 85.5 Å². The zero-order valence-electron chi connectivity index (χ0n) is 17.1. The molecule has 0 spiro atoms. The summed E-state index contributed by atoms with van der Waals surface area (Å²) in [6, 6.07) is 8.16. The van der Waals surface area contributed by atoms with Gasteiger partial charge in [-0.2, -0.15) is 0 Å². The summed E-state index contributed by atoms with van der Waals surface area (Å²) in [4.78, 5) is 24.0. The van der Waals surface area contributed by atoms with E-state index < -0.39 is 12.0 Å². The number of carboxylic acid groups (broad SMARTS) is 1. The molecule has 2 heterocycles. The third-order valence-corrected chi connectivity index (χ3v) is 5.52. The van der Waals surface area contributed by atoms with Gasteiger partial charge in [-0.25, -0.2) is 4.79 Å². The van der Waals surface area contributed by atoms with Crippen molar-refractivity contribution in [2.45, 2.75) is 32.9 Å². The number of nitrogens with one attached hydrogen (secondary N) is 1. The van der Waals surface area contributed by atoms with Crippen LogP contribution in [-0.2, 0) is 7.05 Å². The van der Waals surface area contributed by atoms with Gasteiger partial charge in [-0.1, -0.05) is 29.3 Å². The van der Waals surface area contributed by atoms with Gasteiger partial charge in [0.15, 0.2) is 0 Å². The highest BCUT2D eigenvalue weighted by Gasteiger charge is 2.27. The van der Waals surface area contributed by atoms with Crippen LogP contribution in [0, 0.1) is 6.92 Å². The van der Waals surface area contributed by atoms with Crippen molar-refractivity contribution < 1.29 is 9.90 Å². The van der Waals surface area contributed by atoms with Gasteiger partial charge in [0.25, 0.3) is 5.56 Å². The van der Waals surface area contributed by atoms with Crippen LogP contribution in [0.3, 0.4) is 0 Å². The van der Waals surface area contributed by atoms with Crippen molar-refractivity contribution in [3.63, 3.8) is 0 Å². The molecule has 8 heteroatoms. The van der Waals surface area contributed by atoms with Gasteiger partial charge in [0, 0.05) is 30.5 Å². The van der Waals surface area contributed by atoms with Crippen molar-refractivity contribution in [1.29, 1.82) is 0 Å². The summed E-state index contributed by atoms with van der Waals surface area (Å²) < 4.78 is 3.31. The predicted molar refractivity (Wildman–Crippen MR) is 120 cm³/mol. The van der Waals surface area contributed by atoms with Crippen LogP contribution >= 0.6 is 23.2 Å². The van der Waals surface area contributed by atoms with Crippen LogP contribution in [0.25, 0.3) is 0 Å². The monoisotopic (exact) mass is 447 g/mol. The number of aromatic carboxylic acids is 1. The van der Waals surface area contributed by atoms with Crippen LogP contribution in [0.1, 0.15) is 53.1 Å². The summed E-state index contributed by atoms with van der Waals surface area (Å²) in [6.45, 7) is 5.90. The zero-order chi connectivity index (χ0) is 22.2. The quantitative estimate of drug-likeness (QED) is 0.538. The minimum absolute atomic E-state index is 0.0359. The Morgan fingerprint density at radius 1 is 1.17 bits per heavy atom. The van der Waals surface area contributed by atoms with Crippen molar-refractivity contribution in [2.24, 2.45) is 7.05 Å². The molecule has 0 bridgehead atoms. The maximum Gasteiger partial charge on any atom is 0.337 e. The molecule has 2 N–H and O–H groups in total. The predicted octanol–water partition coefficient (Wildman–Crippen LogP) is 5.28. The molecule has 0 fully saturated rings. The number of anilines is 1. The maximum absolute atomic E-state index is 12.0. The molecule has 6 nitrogen and oxygen atoms in total.